The Morgan fingerprint density at radius 2 is 2.10 bits per heavy atom. The van der Waals surface area contributed by atoms with Gasteiger partial charge in [-0.2, -0.15) is 18.3 Å². The van der Waals surface area contributed by atoms with E-state index in [0.29, 0.717) is 12.1 Å². The van der Waals surface area contributed by atoms with Gasteiger partial charge >= 0.3 is 6.18 Å². The number of alkyl halides is 3. The lowest BCUT2D eigenvalue weighted by Crippen LogP contribution is -2.17. The van der Waals surface area contributed by atoms with Crippen LogP contribution in [0.3, 0.4) is 0 Å². The molecule has 2 aromatic rings. The molecule has 21 heavy (non-hydrogen) atoms. The molecule has 3 nitrogen and oxygen atoms in total. The second-order valence-corrected chi connectivity index (χ2v) is 4.95. The lowest BCUT2D eigenvalue weighted by atomic mass is 10.1. The first kappa shape index (κ1) is 15.6. The first-order valence-electron chi connectivity index (χ1n) is 6.82. The fourth-order valence-corrected chi connectivity index (χ4v) is 2.15. The van der Waals surface area contributed by atoms with Crippen LogP contribution in [0.2, 0.25) is 0 Å². The maximum absolute atomic E-state index is 12.7. The average Bonchev–Trinajstić information content (AvgIpc) is 2.87. The molecule has 0 aliphatic rings. The SMILES string of the molecule is CCNC(C)c1cnn(Cc2cccc(C(F)(F)F)c2)c1. The molecular weight excluding hydrogens is 279 g/mol. The Hall–Kier alpha value is -1.82. The number of hydrogen-bond acceptors (Lipinski definition) is 2. The summed E-state index contributed by atoms with van der Waals surface area (Å²) in [6.45, 7) is 5.21. The van der Waals surface area contributed by atoms with E-state index in [0.717, 1.165) is 24.2 Å². The number of aromatic nitrogens is 2. The molecule has 0 bridgehead atoms. The predicted molar refractivity (Wildman–Crippen MR) is 74.9 cm³/mol. The Labute approximate surface area is 121 Å². The van der Waals surface area contributed by atoms with E-state index < -0.39 is 11.7 Å². The number of nitrogens with one attached hydrogen (secondary N) is 1. The molecule has 0 radical (unpaired) electrons. The van der Waals surface area contributed by atoms with Crippen molar-refractivity contribution in [2.45, 2.75) is 32.6 Å². The molecule has 1 heterocycles. The van der Waals surface area contributed by atoms with E-state index in [1.807, 2.05) is 20.0 Å². The van der Waals surface area contributed by atoms with Crippen molar-refractivity contribution in [2.24, 2.45) is 0 Å². The maximum atomic E-state index is 12.7. The van der Waals surface area contributed by atoms with E-state index in [1.165, 1.54) is 6.07 Å². The summed E-state index contributed by atoms with van der Waals surface area (Å²) in [5.41, 5.74) is 0.966. The van der Waals surface area contributed by atoms with Gasteiger partial charge in [0.1, 0.15) is 0 Å². The fourth-order valence-electron chi connectivity index (χ4n) is 2.15. The van der Waals surface area contributed by atoms with E-state index in [-0.39, 0.29) is 6.04 Å². The Kier molecular flexibility index (Phi) is 4.67. The molecule has 2 rings (SSSR count). The van der Waals surface area contributed by atoms with Gasteiger partial charge in [0.15, 0.2) is 0 Å². The van der Waals surface area contributed by atoms with E-state index in [1.54, 1.807) is 16.9 Å². The Morgan fingerprint density at radius 3 is 2.76 bits per heavy atom. The summed E-state index contributed by atoms with van der Waals surface area (Å²) in [5, 5.41) is 7.47. The average molecular weight is 297 g/mol. The Morgan fingerprint density at radius 1 is 1.33 bits per heavy atom. The number of rotatable bonds is 5. The van der Waals surface area contributed by atoms with E-state index in [4.69, 9.17) is 0 Å². The van der Waals surface area contributed by atoms with Crippen molar-refractivity contribution in [1.29, 1.82) is 0 Å². The normalized spacial score (nSPS) is 13.4. The van der Waals surface area contributed by atoms with Gasteiger partial charge in [0.05, 0.1) is 18.3 Å². The minimum Gasteiger partial charge on any atom is -0.310 e. The number of nitrogens with zero attached hydrogens (tertiary/aromatic N) is 2. The van der Waals surface area contributed by atoms with Gasteiger partial charge in [0.2, 0.25) is 0 Å². The van der Waals surface area contributed by atoms with Crippen molar-refractivity contribution in [3.05, 3.63) is 53.3 Å². The first-order valence-corrected chi connectivity index (χ1v) is 6.82. The van der Waals surface area contributed by atoms with Crippen molar-refractivity contribution in [3.63, 3.8) is 0 Å². The van der Waals surface area contributed by atoms with Gasteiger partial charge in [-0.05, 0) is 31.2 Å². The van der Waals surface area contributed by atoms with E-state index >= 15 is 0 Å². The van der Waals surface area contributed by atoms with Crippen LogP contribution < -0.4 is 5.32 Å². The van der Waals surface area contributed by atoms with Crippen molar-refractivity contribution < 1.29 is 13.2 Å². The van der Waals surface area contributed by atoms with Crippen molar-refractivity contribution in [2.75, 3.05) is 6.54 Å². The van der Waals surface area contributed by atoms with Gasteiger partial charge in [-0.1, -0.05) is 19.1 Å². The van der Waals surface area contributed by atoms with Gasteiger partial charge in [-0.15, -0.1) is 0 Å². The van der Waals surface area contributed by atoms with Crippen LogP contribution in [0.15, 0.2) is 36.7 Å². The van der Waals surface area contributed by atoms with Gasteiger partial charge in [0.25, 0.3) is 0 Å². The quantitative estimate of drug-likeness (QED) is 0.913. The summed E-state index contributed by atoms with van der Waals surface area (Å²) >= 11 is 0. The largest absolute Gasteiger partial charge is 0.416 e. The van der Waals surface area contributed by atoms with Gasteiger partial charge in [-0.3, -0.25) is 4.68 Å². The van der Waals surface area contributed by atoms with Crippen LogP contribution >= 0.6 is 0 Å². The maximum Gasteiger partial charge on any atom is 0.416 e. The zero-order valence-corrected chi connectivity index (χ0v) is 12.0. The second kappa shape index (κ2) is 6.30. The number of halogens is 3. The van der Waals surface area contributed by atoms with Gasteiger partial charge in [0, 0.05) is 17.8 Å². The van der Waals surface area contributed by atoms with Gasteiger partial charge < -0.3 is 5.32 Å². The highest BCUT2D eigenvalue weighted by atomic mass is 19.4. The predicted octanol–water partition coefficient (Wildman–Crippen LogP) is 3.62. The third-order valence-electron chi connectivity index (χ3n) is 3.26. The molecule has 0 saturated heterocycles. The van der Waals surface area contributed by atoms with Crippen LogP contribution in [-0.2, 0) is 12.7 Å². The molecule has 0 saturated carbocycles. The summed E-state index contributed by atoms with van der Waals surface area (Å²) in [6.07, 6.45) is -0.723. The highest BCUT2D eigenvalue weighted by Crippen LogP contribution is 2.29. The van der Waals surface area contributed by atoms with Crippen LogP contribution in [-0.4, -0.2) is 16.3 Å². The Balaban J connectivity index is 2.12. The van der Waals surface area contributed by atoms with E-state index in [9.17, 15) is 13.2 Å². The van der Waals surface area contributed by atoms with Crippen LogP contribution in [0.1, 0.15) is 36.6 Å². The molecule has 1 aromatic carbocycles. The topological polar surface area (TPSA) is 29.9 Å². The highest BCUT2D eigenvalue weighted by molar-refractivity contribution is 5.26. The molecule has 1 atom stereocenters. The summed E-state index contributed by atoms with van der Waals surface area (Å²) in [5.74, 6) is 0. The Bertz CT molecular complexity index is 590. The lowest BCUT2D eigenvalue weighted by Gasteiger charge is -2.10. The monoisotopic (exact) mass is 297 g/mol. The zero-order chi connectivity index (χ0) is 15.5. The van der Waals surface area contributed by atoms with Crippen molar-refractivity contribution in [1.82, 2.24) is 15.1 Å². The third-order valence-corrected chi connectivity index (χ3v) is 3.26. The van der Waals surface area contributed by atoms with Crippen LogP contribution in [0, 0.1) is 0 Å². The minimum absolute atomic E-state index is 0.172. The first-order chi connectivity index (χ1) is 9.90. The molecule has 114 valence electrons. The lowest BCUT2D eigenvalue weighted by molar-refractivity contribution is -0.137. The molecule has 0 aliphatic carbocycles. The summed E-state index contributed by atoms with van der Waals surface area (Å²) in [6, 6.07) is 5.50. The molecule has 0 amide bonds. The molecule has 1 unspecified atom stereocenters. The highest BCUT2D eigenvalue weighted by Gasteiger charge is 2.30. The second-order valence-electron chi connectivity index (χ2n) is 4.95. The summed E-state index contributed by atoms with van der Waals surface area (Å²) in [4.78, 5) is 0. The minimum atomic E-state index is -4.31. The van der Waals surface area contributed by atoms with Crippen molar-refractivity contribution in [3.8, 4) is 0 Å². The smallest absolute Gasteiger partial charge is 0.310 e. The molecular formula is C15H18F3N3. The number of benzene rings is 1. The molecule has 6 heteroatoms. The molecule has 0 fully saturated rings. The van der Waals surface area contributed by atoms with Gasteiger partial charge in [-0.25, -0.2) is 0 Å². The van der Waals surface area contributed by atoms with Crippen molar-refractivity contribution >= 4 is 0 Å². The molecule has 0 aliphatic heterocycles. The molecule has 1 aromatic heterocycles. The van der Waals surface area contributed by atoms with Crippen LogP contribution in [0.25, 0.3) is 0 Å². The summed E-state index contributed by atoms with van der Waals surface area (Å²) < 4.78 is 39.7. The van der Waals surface area contributed by atoms with E-state index in [2.05, 4.69) is 10.4 Å². The van der Waals surface area contributed by atoms with Crippen LogP contribution in [0.5, 0.6) is 0 Å². The standard InChI is InChI=1S/C15H18F3N3/c1-3-19-11(2)13-8-20-21(10-13)9-12-5-4-6-14(7-12)15(16,17)18/h4-8,10-11,19H,3,9H2,1-2H3. The summed E-state index contributed by atoms with van der Waals surface area (Å²) in [7, 11) is 0. The third kappa shape index (κ3) is 4.07. The molecule has 1 N–H and O–H groups in total. The zero-order valence-electron chi connectivity index (χ0n) is 12.0. The molecule has 0 spiro atoms. The fraction of sp³-hybridized carbons (Fsp3) is 0.400. The number of hydrogen-bond donors (Lipinski definition) is 1. The van der Waals surface area contributed by atoms with Crippen LogP contribution in [0.4, 0.5) is 13.2 Å².